The maximum Gasteiger partial charge on any atom is 0.165 e. The van der Waals surface area contributed by atoms with Crippen LogP contribution in [0.3, 0.4) is 0 Å². The van der Waals surface area contributed by atoms with E-state index < -0.39 is 0 Å². The van der Waals surface area contributed by atoms with E-state index in [2.05, 4.69) is 21.9 Å². The molecule has 0 aliphatic heterocycles. The molecular weight excluding hydrogens is 218 g/mol. The van der Waals surface area contributed by atoms with Crippen LogP contribution in [0, 0.1) is 5.92 Å². The number of nitrogens with zero attached hydrogens (tertiary/aromatic N) is 4. The Morgan fingerprint density at radius 1 is 1.53 bits per heavy atom. The standard InChI is InChI=1S/C11H15N5O/c1-6-4-7(6)10-14-9(12)8-11(15-10)16(2-3-17)5-13-8/h5-7,17H,2-4H2,1H3,(H2,12,14,15)/t6?,7-/m0/s1. The van der Waals surface area contributed by atoms with Crippen LogP contribution in [0.2, 0.25) is 0 Å². The summed E-state index contributed by atoms with van der Waals surface area (Å²) in [5.74, 6) is 2.31. The van der Waals surface area contributed by atoms with Crippen molar-refractivity contribution in [2.45, 2.75) is 25.8 Å². The van der Waals surface area contributed by atoms with Crippen LogP contribution < -0.4 is 5.73 Å². The molecule has 17 heavy (non-hydrogen) atoms. The first-order valence-electron chi connectivity index (χ1n) is 5.80. The van der Waals surface area contributed by atoms with Crippen molar-refractivity contribution in [1.82, 2.24) is 19.5 Å². The Balaban J connectivity index is 2.11. The second-order valence-corrected chi connectivity index (χ2v) is 4.62. The Labute approximate surface area is 98.5 Å². The summed E-state index contributed by atoms with van der Waals surface area (Å²) in [4.78, 5) is 13.0. The van der Waals surface area contributed by atoms with E-state index in [9.17, 15) is 0 Å². The van der Waals surface area contributed by atoms with Crippen LogP contribution in [0.1, 0.15) is 25.1 Å². The summed E-state index contributed by atoms with van der Waals surface area (Å²) in [6, 6.07) is 0. The van der Waals surface area contributed by atoms with Gasteiger partial charge in [0.1, 0.15) is 11.3 Å². The molecule has 0 aromatic carbocycles. The maximum atomic E-state index is 8.98. The van der Waals surface area contributed by atoms with Gasteiger partial charge in [0.05, 0.1) is 12.9 Å². The van der Waals surface area contributed by atoms with Gasteiger partial charge in [0.15, 0.2) is 11.5 Å². The average Bonchev–Trinajstić information content (AvgIpc) is 2.88. The Kier molecular flexibility index (Phi) is 2.25. The number of anilines is 1. The third-order valence-electron chi connectivity index (χ3n) is 3.29. The fourth-order valence-electron chi connectivity index (χ4n) is 2.10. The Morgan fingerprint density at radius 2 is 2.29 bits per heavy atom. The first-order valence-corrected chi connectivity index (χ1v) is 5.80. The molecule has 2 aromatic heterocycles. The predicted octanol–water partition coefficient (Wildman–Crippen LogP) is 0.524. The molecule has 3 rings (SSSR count). The first kappa shape index (κ1) is 10.5. The lowest BCUT2D eigenvalue weighted by molar-refractivity contribution is 0.277. The second kappa shape index (κ2) is 3.66. The van der Waals surface area contributed by atoms with Crippen LogP contribution in [0.4, 0.5) is 5.82 Å². The highest BCUT2D eigenvalue weighted by atomic mass is 16.3. The normalized spacial score (nSPS) is 23.2. The van der Waals surface area contributed by atoms with E-state index >= 15 is 0 Å². The highest BCUT2D eigenvalue weighted by Crippen LogP contribution is 2.45. The van der Waals surface area contributed by atoms with Gasteiger partial charge in [-0.05, 0) is 12.3 Å². The zero-order valence-electron chi connectivity index (χ0n) is 9.67. The summed E-state index contributed by atoms with van der Waals surface area (Å²) in [6.07, 6.45) is 2.77. The topological polar surface area (TPSA) is 89.8 Å². The number of aliphatic hydroxyl groups is 1. The number of nitrogen functional groups attached to an aromatic ring is 1. The van der Waals surface area contributed by atoms with Crippen molar-refractivity contribution in [3.63, 3.8) is 0 Å². The molecule has 0 spiro atoms. The molecule has 2 heterocycles. The van der Waals surface area contributed by atoms with Gasteiger partial charge in [-0.3, -0.25) is 0 Å². The number of rotatable bonds is 3. The quantitative estimate of drug-likeness (QED) is 0.806. The fraction of sp³-hybridized carbons (Fsp3) is 0.545. The van der Waals surface area contributed by atoms with Crippen LogP contribution in [0.15, 0.2) is 6.33 Å². The number of aromatic nitrogens is 4. The average molecular weight is 233 g/mol. The molecule has 0 bridgehead atoms. The van der Waals surface area contributed by atoms with Gasteiger partial charge >= 0.3 is 0 Å². The van der Waals surface area contributed by atoms with Crippen molar-refractivity contribution in [3.8, 4) is 0 Å². The molecule has 6 nitrogen and oxygen atoms in total. The van der Waals surface area contributed by atoms with E-state index in [1.165, 1.54) is 0 Å². The SMILES string of the molecule is CC1C[C@@H]1c1nc(N)c2ncn(CCO)c2n1. The predicted molar refractivity (Wildman–Crippen MR) is 63.3 cm³/mol. The molecule has 0 amide bonds. The molecule has 1 aliphatic rings. The van der Waals surface area contributed by atoms with Gasteiger partial charge in [0.2, 0.25) is 0 Å². The summed E-state index contributed by atoms with van der Waals surface area (Å²) >= 11 is 0. The maximum absolute atomic E-state index is 8.98. The molecule has 90 valence electrons. The summed E-state index contributed by atoms with van der Waals surface area (Å²) in [7, 11) is 0. The van der Waals surface area contributed by atoms with Gasteiger partial charge in [-0.25, -0.2) is 15.0 Å². The number of hydrogen-bond donors (Lipinski definition) is 2. The van der Waals surface area contributed by atoms with Crippen LogP contribution in [-0.4, -0.2) is 31.2 Å². The minimum atomic E-state index is 0.0601. The van der Waals surface area contributed by atoms with E-state index in [0.717, 1.165) is 17.9 Å². The van der Waals surface area contributed by atoms with Crippen LogP contribution in [-0.2, 0) is 6.54 Å². The van der Waals surface area contributed by atoms with Gasteiger partial charge < -0.3 is 15.4 Å². The highest BCUT2D eigenvalue weighted by Gasteiger charge is 2.37. The molecule has 1 saturated carbocycles. The van der Waals surface area contributed by atoms with Crippen molar-refractivity contribution in [3.05, 3.63) is 12.2 Å². The molecule has 6 heteroatoms. The number of fused-ring (bicyclic) bond motifs is 1. The lowest BCUT2D eigenvalue weighted by Crippen LogP contribution is -2.05. The van der Waals surface area contributed by atoms with Crippen molar-refractivity contribution in [2.75, 3.05) is 12.3 Å². The summed E-state index contributed by atoms with van der Waals surface area (Å²) in [5.41, 5.74) is 7.23. The van der Waals surface area contributed by atoms with E-state index in [0.29, 0.717) is 29.7 Å². The second-order valence-electron chi connectivity index (χ2n) is 4.62. The minimum Gasteiger partial charge on any atom is -0.395 e. The van der Waals surface area contributed by atoms with Crippen molar-refractivity contribution >= 4 is 17.0 Å². The largest absolute Gasteiger partial charge is 0.395 e. The molecule has 2 atom stereocenters. The van der Waals surface area contributed by atoms with Crippen LogP contribution in [0.5, 0.6) is 0 Å². The van der Waals surface area contributed by atoms with Crippen LogP contribution >= 0.6 is 0 Å². The van der Waals surface area contributed by atoms with Gasteiger partial charge in [-0.1, -0.05) is 6.92 Å². The molecule has 1 fully saturated rings. The Morgan fingerprint density at radius 3 is 2.94 bits per heavy atom. The van der Waals surface area contributed by atoms with E-state index in [4.69, 9.17) is 10.8 Å². The molecule has 0 saturated heterocycles. The third kappa shape index (κ3) is 1.64. The molecule has 1 unspecified atom stereocenters. The van der Waals surface area contributed by atoms with Gasteiger partial charge in [-0.15, -0.1) is 0 Å². The molecule has 3 N–H and O–H groups in total. The summed E-state index contributed by atoms with van der Waals surface area (Å²) < 4.78 is 1.81. The monoisotopic (exact) mass is 233 g/mol. The molecule has 0 radical (unpaired) electrons. The third-order valence-corrected chi connectivity index (χ3v) is 3.29. The Bertz CT molecular complexity index is 564. The minimum absolute atomic E-state index is 0.0601. The summed E-state index contributed by atoms with van der Waals surface area (Å²) in [5, 5.41) is 8.98. The zero-order valence-corrected chi connectivity index (χ0v) is 9.67. The first-order chi connectivity index (χ1) is 8.20. The van der Waals surface area contributed by atoms with E-state index in [1.54, 1.807) is 6.33 Å². The smallest absolute Gasteiger partial charge is 0.165 e. The fourth-order valence-corrected chi connectivity index (χ4v) is 2.10. The highest BCUT2D eigenvalue weighted by molar-refractivity contribution is 5.81. The van der Waals surface area contributed by atoms with Crippen molar-refractivity contribution in [2.24, 2.45) is 5.92 Å². The Hall–Kier alpha value is -1.69. The number of aliphatic hydroxyl groups excluding tert-OH is 1. The lowest BCUT2D eigenvalue weighted by Gasteiger charge is -2.03. The number of imidazole rings is 1. The van der Waals surface area contributed by atoms with Gasteiger partial charge in [0.25, 0.3) is 0 Å². The zero-order chi connectivity index (χ0) is 12.0. The molecule has 1 aliphatic carbocycles. The van der Waals surface area contributed by atoms with Gasteiger partial charge in [-0.2, -0.15) is 0 Å². The van der Waals surface area contributed by atoms with Crippen LogP contribution in [0.25, 0.3) is 11.2 Å². The summed E-state index contributed by atoms with van der Waals surface area (Å²) in [6.45, 7) is 2.72. The molecule has 2 aromatic rings. The lowest BCUT2D eigenvalue weighted by atomic mass is 10.3. The van der Waals surface area contributed by atoms with Crippen molar-refractivity contribution < 1.29 is 5.11 Å². The number of hydrogen-bond acceptors (Lipinski definition) is 5. The number of nitrogens with two attached hydrogens (primary N) is 1. The van der Waals surface area contributed by atoms with E-state index in [-0.39, 0.29) is 6.61 Å². The van der Waals surface area contributed by atoms with E-state index in [1.807, 2.05) is 4.57 Å². The molecular formula is C11H15N5O. The van der Waals surface area contributed by atoms with Gasteiger partial charge in [0, 0.05) is 12.5 Å². The van der Waals surface area contributed by atoms with Crippen molar-refractivity contribution in [1.29, 1.82) is 0 Å².